The number of aryl methyl sites for hydroxylation is 1. The minimum absolute atomic E-state index is 0.100. The van der Waals surface area contributed by atoms with Crippen molar-refractivity contribution in [3.63, 3.8) is 0 Å². The molecule has 1 heterocycles. The minimum atomic E-state index is -3.71. The molecule has 18 heavy (non-hydrogen) atoms. The third kappa shape index (κ3) is 2.34. The number of hydrogen-bond donors (Lipinski definition) is 3. The fraction of sp³-hybridized carbons (Fsp3) is 0.100. The fourth-order valence-corrected chi connectivity index (χ4v) is 3.39. The van der Waals surface area contributed by atoms with Crippen molar-refractivity contribution in [2.45, 2.75) is 11.8 Å². The third-order valence-corrected chi connectivity index (χ3v) is 4.70. The largest absolute Gasteiger partial charge is 0.394 e. The third-order valence-electron chi connectivity index (χ3n) is 2.35. The molecule has 0 saturated carbocycles. The molecule has 1 aromatic heterocycles. The Morgan fingerprint density at radius 2 is 2.06 bits per heavy atom. The molecule has 0 amide bonds. The molecule has 0 radical (unpaired) electrons. The van der Waals surface area contributed by atoms with Crippen LogP contribution < -0.4 is 10.5 Å². The minimum Gasteiger partial charge on any atom is -0.394 e. The highest BCUT2D eigenvalue weighted by atomic mass is 79.9. The van der Waals surface area contributed by atoms with Crippen LogP contribution in [0.5, 0.6) is 0 Å². The quantitative estimate of drug-likeness (QED) is 0.799. The number of H-pyrrole nitrogens is 1. The van der Waals surface area contributed by atoms with E-state index in [-0.39, 0.29) is 16.4 Å². The Labute approximate surface area is 113 Å². The van der Waals surface area contributed by atoms with Crippen molar-refractivity contribution in [1.82, 2.24) is 10.2 Å². The van der Waals surface area contributed by atoms with Gasteiger partial charge in [-0.05, 0) is 35.0 Å². The summed E-state index contributed by atoms with van der Waals surface area (Å²) < 4.78 is 27.1. The topological polar surface area (TPSA) is 101 Å². The van der Waals surface area contributed by atoms with Gasteiger partial charge in [-0.25, -0.2) is 8.42 Å². The summed E-state index contributed by atoms with van der Waals surface area (Å²) in [6, 6.07) is 6.50. The van der Waals surface area contributed by atoms with Gasteiger partial charge in [0.15, 0.2) is 5.82 Å². The van der Waals surface area contributed by atoms with Crippen LogP contribution in [0.3, 0.4) is 0 Å². The number of rotatable bonds is 3. The summed E-state index contributed by atoms with van der Waals surface area (Å²) in [7, 11) is -3.71. The first kappa shape index (κ1) is 12.9. The predicted molar refractivity (Wildman–Crippen MR) is 72.7 cm³/mol. The smallest absolute Gasteiger partial charge is 0.264 e. The molecule has 0 fully saturated rings. The van der Waals surface area contributed by atoms with Gasteiger partial charge in [-0.2, -0.15) is 5.10 Å². The van der Waals surface area contributed by atoms with Gasteiger partial charge in [-0.1, -0.05) is 12.1 Å². The number of benzene rings is 1. The number of nitrogens with two attached hydrogens (primary N) is 1. The Bertz CT molecular complexity index is 681. The molecule has 6 nitrogen and oxygen atoms in total. The average molecular weight is 331 g/mol. The fourth-order valence-electron chi connectivity index (χ4n) is 1.36. The Kier molecular flexibility index (Phi) is 3.31. The van der Waals surface area contributed by atoms with Gasteiger partial charge >= 0.3 is 0 Å². The van der Waals surface area contributed by atoms with Gasteiger partial charge in [0.1, 0.15) is 4.90 Å². The standard InChI is InChI=1S/C10H11BrN4O2S/c1-6-9(12)10(14-13-6)15-18(16,17)8-5-3-2-4-7(8)11/h2-5H,12H2,1H3,(H2,13,14,15). The Morgan fingerprint density at radius 3 is 2.61 bits per heavy atom. The second kappa shape index (κ2) is 4.62. The van der Waals surface area contributed by atoms with Gasteiger partial charge < -0.3 is 5.73 Å². The summed E-state index contributed by atoms with van der Waals surface area (Å²) in [6.07, 6.45) is 0. The summed E-state index contributed by atoms with van der Waals surface area (Å²) in [5, 5.41) is 6.41. The van der Waals surface area contributed by atoms with E-state index in [0.29, 0.717) is 10.2 Å². The first-order valence-electron chi connectivity index (χ1n) is 4.99. The number of halogens is 1. The van der Waals surface area contributed by atoms with E-state index in [4.69, 9.17) is 5.73 Å². The van der Waals surface area contributed by atoms with E-state index in [9.17, 15) is 8.42 Å². The number of nitrogens with one attached hydrogen (secondary N) is 2. The molecule has 0 atom stereocenters. The summed E-state index contributed by atoms with van der Waals surface area (Å²) >= 11 is 3.19. The van der Waals surface area contributed by atoms with Gasteiger partial charge in [0, 0.05) is 4.47 Å². The SMILES string of the molecule is Cc1[nH]nc(NS(=O)(=O)c2ccccc2Br)c1N. The van der Waals surface area contributed by atoms with E-state index < -0.39 is 10.0 Å². The van der Waals surface area contributed by atoms with Crippen molar-refractivity contribution >= 4 is 37.5 Å². The highest BCUT2D eigenvalue weighted by Crippen LogP contribution is 2.25. The van der Waals surface area contributed by atoms with Crippen molar-refractivity contribution in [3.8, 4) is 0 Å². The van der Waals surface area contributed by atoms with Crippen LogP contribution in [-0.2, 0) is 10.0 Å². The number of aromatic amines is 1. The molecular weight excluding hydrogens is 320 g/mol. The molecule has 0 aliphatic heterocycles. The van der Waals surface area contributed by atoms with Crippen LogP contribution >= 0.6 is 15.9 Å². The summed E-state index contributed by atoms with van der Waals surface area (Å²) in [5.41, 5.74) is 6.59. The van der Waals surface area contributed by atoms with E-state index >= 15 is 0 Å². The molecule has 1 aromatic carbocycles. The molecule has 4 N–H and O–H groups in total. The van der Waals surface area contributed by atoms with Crippen LogP contribution in [0, 0.1) is 6.92 Å². The molecule has 0 saturated heterocycles. The van der Waals surface area contributed by atoms with Gasteiger partial charge in [-0.15, -0.1) is 0 Å². The second-order valence-corrected chi connectivity index (χ2v) is 6.15. The molecule has 96 valence electrons. The zero-order chi connectivity index (χ0) is 13.3. The summed E-state index contributed by atoms with van der Waals surface area (Å²) in [6.45, 7) is 1.71. The van der Waals surface area contributed by atoms with E-state index in [2.05, 4.69) is 30.8 Å². The Balaban J connectivity index is 2.40. The predicted octanol–water partition coefficient (Wildman–Crippen LogP) is 1.86. The number of sulfonamides is 1. The Morgan fingerprint density at radius 1 is 1.39 bits per heavy atom. The lowest BCUT2D eigenvalue weighted by molar-refractivity contribution is 0.600. The highest BCUT2D eigenvalue weighted by molar-refractivity contribution is 9.10. The molecule has 2 rings (SSSR count). The van der Waals surface area contributed by atoms with Gasteiger partial charge in [0.2, 0.25) is 0 Å². The van der Waals surface area contributed by atoms with Crippen molar-refractivity contribution in [3.05, 3.63) is 34.4 Å². The van der Waals surface area contributed by atoms with Gasteiger partial charge in [0.25, 0.3) is 10.0 Å². The first-order chi connectivity index (χ1) is 8.42. The molecule has 0 spiro atoms. The average Bonchev–Trinajstić information content (AvgIpc) is 2.61. The molecule has 8 heteroatoms. The normalized spacial score (nSPS) is 11.4. The summed E-state index contributed by atoms with van der Waals surface area (Å²) in [5.74, 6) is 0.100. The van der Waals surface area contributed by atoms with Gasteiger partial charge in [0.05, 0.1) is 11.4 Å². The molecule has 0 bridgehead atoms. The number of hydrogen-bond acceptors (Lipinski definition) is 4. The first-order valence-corrected chi connectivity index (χ1v) is 7.27. The van der Waals surface area contributed by atoms with E-state index in [1.165, 1.54) is 6.07 Å². The zero-order valence-corrected chi connectivity index (χ0v) is 11.8. The van der Waals surface area contributed by atoms with E-state index in [0.717, 1.165) is 0 Å². The van der Waals surface area contributed by atoms with E-state index in [1.54, 1.807) is 25.1 Å². The molecule has 0 aliphatic carbocycles. The zero-order valence-electron chi connectivity index (χ0n) is 9.44. The van der Waals surface area contributed by atoms with Crippen LogP contribution in [0.2, 0.25) is 0 Å². The van der Waals surface area contributed by atoms with Crippen LogP contribution in [-0.4, -0.2) is 18.6 Å². The van der Waals surface area contributed by atoms with Crippen LogP contribution in [0.1, 0.15) is 5.69 Å². The lowest BCUT2D eigenvalue weighted by Crippen LogP contribution is -2.14. The maximum absolute atomic E-state index is 12.1. The van der Waals surface area contributed by atoms with Crippen LogP contribution in [0.4, 0.5) is 11.5 Å². The lowest BCUT2D eigenvalue weighted by Gasteiger charge is -2.07. The van der Waals surface area contributed by atoms with Crippen molar-refractivity contribution < 1.29 is 8.42 Å². The molecule has 0 unspecified atom stereocenters. The molecule has 0 aliphatic rings. The summed E-state index contributed by atoms with van der Waals surface area (Å²) in [4.78, 5) is 0.130. The van der Waals surface area contributed by atoms with Crippen LogP contribution in [0.25, 0.3) is 0 Å². The number of nitrogens with zero attached hydrogens (tertiary/aromatic N) is 1. The van der Waals surface area contributed by atoms with Crippen molar-refractivity contribution in [2.75, 3.05) is 10.5 Å². The van der Waals surface area contributed by atoms with Crippen molar-refractivity contribution in [2.24, 2.45) is 0 Å². The van der Waals surface area contributed by atoms with Crippen molar-refractivity contribution in [1.29, 1.82) is 0 Å². The maximum Gasteiger partial charge on any atom is 0.264 e. The lowest BCUT2D eigenvalue weighted by atomic mass is 10.4. The monoisotopic (exact) mass is 330 g/mol. The second-order valence-electron chi connectivity index (χ2n) is 3.65. The Hall–Kier alpha value is -1.54. The molecular formula is C10H11BrN4O2S. The van der Waals surface area contributed by atoms with Gasteiger partial charge in [-0.3, -0.25) is 9.82 Å². The number of anilines is 2. The number of aromatic nitrogens is 2. The van der Waals surface area contributed by atoms with E-state index in [1.807, 2.05) is 0 Å². The highest BCUT2D eigenvalue weighted by Gasteiger charge is 2.20. The maximum atomic E-state index is 12.1. The molecule has 2 aromatic rings. The number of nitrogen functional groups attached to an aromatic ring is 1. The van der Waals surface area contributed by atoms with Crippen LogP contribution in [0.15, 0.2) is 33.6 Å².